The number of aromatic nitrogens is 1. The van der Waals surface area contributed by atoms with Gasteiger partial charge in [0.1, 0.15) is 5.75 Å². The second-order valence-corrected chi connectivity index (χ2v) is 6.56. The lowest BCUT2D eigenvalue weighted by molar-refractivity contribution is -0.135. The average molecular weight is 358 g/mol. The predicted octanol–water partition coefficient (Wildman–Crippen LogP) is 2.33. The van der Waals surface area contributed by atoms with Gasteiger partial charge in [-0.05, 0) is 36.6 Å². The molecule has 1 aromatic heterocycles. The van der Waals surface area contributed by atoms with Crippen LogP contribution in [0.15, 0.2) is 29.8 Å². The summed E-state index contributed by atoms with van der Waals surface area (Å²) in [6, 6.07) is 5.14. The smallest absolute Gasteiger partial charge is 0.332 e. The van der Waals surface area contributed by atoms with Gasteiger partial charge in [-0.1, -0.05) is 6.92 Å². The van der Waals surface area contributed by atoms with Gasteiger partial charge in [0.15, 0.2) is 0 Å². The first kappa shape index (κ1) is 18.0. The molecule has 0 saturated heterocycles. The molecular formula is C19H22N2O5. The standard InChI is InChI=1S/C19H22N2O5/c1-10(12(19(24)25)9-16(22)23)18(20)17-13-8-11(26-2)5-6-14(13)21-7-3-4-15(17)21/h5-6,8-10,18H,3-4,7,20H2,1-2H3,(H,22,23)(H,24,25). The van der Waals surface area contributed by atoms with Crippen LogP contribution in [0.3, 0.4) is 0 Å². The lowest BCUT2D eigenvalue weighted by Gasteiger charge is -2.21. The Morgan fingerprint density at radius 1 is 1.35 bits per heavy atom. The van der Waals surface area contributed by atoms with E-state index in [1.54, 1.807) is 14.0 Å². The maximum Gasteiger partial charge on any atom is 0.332 e. The first-order valence-electron chi connectivity index (χ1n) is 8.47. The fourth-order valence-corrected chi connectivity index (χ4v) is 3.81. The summed E-state index contributed by atoms with van der Waals surface area (Å²) in [6.07, 6.45) is 2.59. The van der Waals surface area contributed by atoms with Gasteiger partial charge in [-0.3, -0.25) is 0 Å². The summed E-state index contributed by atoms with van der Waals surface area (Å²) in [5.74, 6) is -2.53. The molecule has 0 spiro atoms. The van der Waals surface area contributed by atoms with Crippen molar-refractivity contribution in [2.24, 2.45) is 11.7 Å². The number of benzene rings is 1. The number of hydrogen-bond donors (Lipinski definition) is 3. The zero-order chi connectivity index (χ0) is 19.0. The van der Waals surface area contributed by atoms with Gasteiger partial charge in [-0.25, -0.2) is 9.59 Å². The van der Waals surface area contributed by atoms with Crippen molar-refractivity contribution in [1.29, 1.82) is 0 Å². The molecule has 1 aromatic carbocycles. The summed E-state index contributed by atoms with van der Waals surface area (Å²) in [5.41, 5.74) is 9.27. The number of aliphatic carboxylic acids is 2. The maximum atomic E-state index is 11.5. The molecule has 0 fully saturated rings. The van der Waals surface area contributed by atoms with E-state index in [0.29, 0.717) is 5.75 Å². The van der Waals surface area contributed by atoms with Crippen molar-refractivity contribution in [3.63, 3.8) is 0 Å². The van der Waals surface area contributed by atoms with Crippen LogP contribution in [0, 0.1) is 5.92 Å². The molecule has 2 unspecified atom stereocenters. The van der Waals surface area contributed by atoms with Crippen LogP contribution in [0.4, 0.5) is 0 Å². The van der Waals surface area contributed by atoms with E-state index in [0.717, 1.165) is 47.6 Å². The van der Waals surface area contributed by atoms with E-state index in [1.165, 1.54) is 0 Å². The average Bonchev–Trinajstić information content (AvgIpc) is 3.17. The van der Waals surface area contributed by atoms with Gasteiger partial charge in [-0.2, -0.15) is 0 Å². The number of aryl methyl sites for hydroxylation is 1. The van der Waals surface area contributed by atoms with E-state index in [2.05, 4.69) is 4.57 Å². The summed E-state index contributed by atoms with van der Waals surface area (Å²) in [7, 11) is 1.59. The highest BCUT2D eigenvalue weighted by Crippen LogP contribution is 2.39. The molecule has 0 saturated carbocycles. The molecule has 0 bridgehead atoms. The molecule has 3 rings (SSSR count). The molecule has 1 aliphatic rings. The third-order valence-electron chi connectivity index (χ3n) is 5.11. The van der Waals surface area contributed by atoms with Crippen molar-refractivity contribution >= 4 is 22.8 Å². The lowest BCUT2D eigenvalue weighted by atomic mass is 9.86. The van der Waals surface area contributed by atoms with Crippen molar-refractivity contribution in [2.45, 2.75) is 32.4 Å². The minimum absolute atomic E-state index is 0.209. The summed E-state index contributed by atoms with van der Waals surface area (Å²) in [6.45, 7) is 2.54. The molecular weight excluding hydrogens is 336 g/mol. The molecule has 7 heteroatoms. The molecule has 1 aliphatic heterocycles. The fourth-order valence-electron chi connectivity index (χ4n) is 3.81. The van der Waals surface area contributed by atoms with Crippen LogP contribution in [0.25, 0.3) is 10.9 Å². The van der Waals surface area contributed by atoms with E-state index in [1.807, 2.05) is 18.2 Å². The molecule has 2 heterocycles. The maximum absolute atomic E-state index is 11.5. The van der Waals surface area contributed by atoms with E-state index in [9.17, 15) is 14.7 Å². The highest BCUT2D eigenvalue weighted by atomic mass is 16.5. The first-order chi connectivity index (χ1) is 12.3. The number of nitrogens with two attached hydrogens (primary N) is 1. The summed E-state index contributed by atoms with van der Waals surface area (Å²) < 4.78 is 7.53. The first-order valence-corrected chi connectivity index (χ1v) is 8.47. The van der Waals surface area contributed by atoms with Crippen LogP contribution in [0.5, 0.6) is 5.75 Å². The van der Waals surface area contributed by atoms with Crippen LogP contribution in [0.1, 0.15) is 30.6 Å². The second kappa shape index (κ2) is 6.84. The third kappa shape index (κ3) is 2.94. The van der Waals surface area contributed by atoms with Crippen LogP contribution >= 0.6 is 0 Å². The predicted molar refractivity (Wildman–Crippen MR) is 96.3 cm³/mol. The largest absolute Gasteiger partial charge is 0.497 e. The number of carbonyl (C=O) groups is 2. The summed E-state index contributed by atoms with van der Waals surface area (Å²) in [4.78, 5) is 22.5. The van der Waals surface area contributed by atoms with E-state index < -0.39 is 23.9 Å². The Morgan fingerprint density at radius 3 is 2.69 bits per heavy atom. The Morgan fingerprint density at radius 2 is 2.08 bits per heavy atom. The fraction of sp³-hybridized carbons (Fsp3) is 0.368. The number of ether oxygens (including phenoxy) is 1. The number of nitrogens with zero attached hydrogens (tertiary/aromatic N) is 1. The number of fused-ring (bicyclic) bond motifs is 3. The quantitative estimate of drug-likeness (QED) is 0.683. The molecule has 0 radical (unpaired) electrons. The van der Waals surface area contributed by atoms with Crippen LogP contribution < -0.4 is 10.5 Å². The SMILES string of the molecule is COc1ccc2c(c1)c(C(N)C(C)C(=CC(=O)O)C(=O)O)c1n2CCC1. The monoisotopic (exact) mass is 358 g/mol. The topological polar surface area (TPSA) is 115 Å². The zero-order valence-electron chi connectivity index (χ0n) is 14.7. The molecule has 2 aromatic rings. The molecule has 138 valence electrons. The zero-order valence-corrected chi connectivity index (χ0v) is 14.7. The van der Waals surface area contributed by atoms with E-state index in [-0.39, 0.29) is 5.57 Å². The van der Waals surface area contributed by atoms with Gasteiger partial charge >= 0.3 is 11.9 Å². The molecule has 4 N–H and O–H groups in total. The van der Waals surface area contributed by atoms with Gasteiger partial charge in [0.25, 0.3) is 0 Å². The number of carboxylic acids is 2. The van der Waals surface area contributed by atoms with Gasteiger partial charge < -0.3 is 25.3 Å². The molecule has 2 atom stereocenters. The summed E-state index contributed by atoms with van der Waals surface area (Å²) in [5, 5.41) is 19.3. The molecule has 7 nitrogen and oxygen atoms in total. The van der Waals surface area contributed by atoms with Crippen molar-refractivity contribution in [3.8, 4) is 5.75 Å². The Kier molecular flexibility index (Phi) is 4.73. The van der Waals surface area contributed by atoms with E-state index in [4.69, 9.17) is 15.6 Å². The van der Waals surface area contributed by atoms with Gasteiger partial charge in [0.2, 0.25) is 0 Å². The van der Waals surface area contributed by atoms with Gasteiger partial charge in [-0.15, -0.1) is 0 Å². The van der Waals surface area contributed by atoms with Crippen molar-refractivity contribution in [2.75, 3.05) is 7.11 Å². The highest BCUT2D eigenvalue weighted by molar-refractivity contribution is 5.95. The lowest BCUT2D eigenvalue weighted by Crippen LogP contribution is -2.25. The Hall–Kier alpha value is -2.80. The highest BCUT2D eigenvalue weighted by Gasteiger charge is 2.31. The molecule has 0 aliphatic carbocycles. The van der Waals surface area contributed by atoms with Gasteiger partial charge in [0.05, 0.1) is 7.11 Å². The van der Waals surface area contributed by atoms with Crippen molar-refractivity contribution in [3.05, 3.63) is 41.1 Å². The van der Waals surface area contributed by atoms with E-state index >= 15 is 0 Å². The normalized spacial score (nSPS) is 16.3. The third-order valence-corrected chi connectivity index (χ3v) is 5.11. The van der Waals surface area contributed by atoms with Gasteiger partial charge in [0, 0.05) is 46.8 Å². The second-order valence-electron chi connectivity index (χ2n) is 6.56. The number of rotatable bonds is 6. The van der Waals surface area contributed by atoms with Crippen molar-refractivity contribution in [1.82, 2.24) is 4.57 Å². The minimum atomic E-state index is -1.30. The molecule has 26 heavy (non-hydrogen) atoms. The summed E-state index contributed by atoms with van der Waals surface area (Å²) >= 11 is 0. The Bertz CT molecular complexity index is 912. The molecule has 0 amide bonds. The van der Waals surface area contributed by atoms with Crippen molar-refractivity contribution < 1.29 is 24.5 Å². The number of hydrogen-bond acceptors (Lipinski definition) is 4. The Labute approximate surface area is 150 Å². The minimum Gasteiger partial charge on any atom is -0.497 e. The number of carboxylic acid groups (broad SMARTS) is 2. The van der Waals surface area contributed by atoms with Crippen LogP contribution in [-0.2, 0) is 22.6 Å². The Balaban J connectivity index is 2.14. The number of methoxy groups -OCH3 is 1. The van der Waals surface area contributed by atoms with Crippen LogP contribution in [-0.4, -0.2) is 33.8 Å². The van der Waals surface area contributed by atoms with Crippen LogP contribution in [0.2, 0.25) is 0 Å².